The molecule has 0 unspecified atom stereocenters. The smallest absolute Gasteiger partial charge is 0.246 e. The molecule has 28 heavy (non-hydrogen) atoms. The first-order valence-electron chi connectivity index (χ1n) is 9.88. The molecule has 0 saturated carbocycles. The quantitative estimate of drug-likeness (QED) is 0.646. The standard InChI is InChI=1S/C20H31N5O2S/c1-16-8-6-7-9-19(16)14-23-10-12-24(13-11-23)15-25-18(3)20(17(2)21-25)28(26,27)22(4)5/h6-9H,10-15H2,1-5H3/p+2. The van der Waals surface area contributed by atoms with Crippen molar-refractivity contribution in [3.8, 4) is 0 Å². The minimum atomic E-state index is -3.47. The third-order valence-corrected chi connectivity index (χ3v) is 7.86. The summed E-state index contributed by atoms with van der Waals surface area (Å²) in [5.41, 5.74) is 4.10. The predicted molar refractivity (Wildman–Crippen MR) is 109 cm³/mol. The van der Waals surface area contributed by atoms with E-state index in [4.69, 9.17) is 0 Å². The van der Waals surface area contributed by atoms with Gasteiger partial charge < -0.3 is 9.80 Å². The van der Waals surface area contributed by atoms with Crippen LogP contribution in [0.3, 0.4) is 0 Å². The molecule has 0 atom stereocenters. The summed E-state index contributed by atoms with van der Waals surface area (Å²) in [5.74, 6) is 0. The zero-order valence-corrected chi connectivity index (χ0v) is 18.4. The molecule has 1 aliphatic heterocycles. The van der Waals surface area contributed by atoms with Crippen LogP contribution in [0.4, 0.5) is 0 Å². The van der Waals surface area contributed by atoms with Crippen LogP contribution in [0.2, 0.25) is 0 Å². The van der Waals surface area contributed by atoms with Crippen LogP contribution < -0.4 is 9.80 Å². The lowest BCUT2D eigenvalue weighted by atomic mass is 10.1. The van der Waals surface area contributed by atoms with Gasteiger partial charge in [0.15, 0.2) is 6.67 Å². The van der Waals surface area contributed by atoms with Crippen LogP contribution >= 0.6 is 0 Å². The minimum absolute atomic E-state index is 0.348. The maximum absolute atomic E-state index is 12.6. The molecule has 0 amide bonds. The van der Waals surface area contributed by atoms with Gasteiger partial charge in [0.05, 0.1) is 11.4 Å². The average Bonchev–Trinajstić information content (AvgIpc) is 2.92. The molecule has 2 N–H and O–H groups in total. The zero-order chi connectivity index (χ0) is 20.5. The Bertz CT molecular complexity index is 928. The van der Waals surface area contributed by atoms with Gasteiger partial charge in [-0.25, -0.2) is 17.4 Å². The molecule has 1 aliphatic rings. The number of sulfonamides is 1. The van der Waals surface area contributed by atoms with Crippen LogP contribution in [0, 0.1) is 20.8 Å². The maximum atomic E-state index is 12.6. The molecule has 7 nitrogen and oxygen atoms in total. The van der Waals surface area contributed by atoms with Crippen molar-refractivity contribution in [2.45, 2.75) is 38.9 Å². The molecule has 1 saturated heterocycles. The number of nitrogens with zero attached hydrogens (tertiary/aromatic N) is 3. The number of aryl methyl sites for hydroxylation is 2. The Balaban J connectivity index is 1.63. The van der Waals surface area contributed by atoms with Crippen molar-refractivity contribution < 1.29 is 18.2 Å². The molecule has 0 bridgehead atoms. The fourth-order valence-corrected chi connectivity index (χ4v) is 5.23. The Hall–Kier alpha value is -1.74. The second kappa shape index (κ2) is 8.32. The highest BCUT2D eigenvalue weighted by molar-refractivity contribution is 7.89. The van der Waals surface area contributed by atoms with Gasteiger partial charge in [-0.2, -0.15) is 5.10 Å². The van der Waals surface area contributed by atoms with Crippen LogP contribution in [0.1, 0.15) is 22.5 Å². The predicted octanol–water partition coefficient (Wildman–Crippen LogP) is -1.00. The number of hydrogen-bond donors (Lipinski definition) is 2. The van der Waals surface area contributed by atoms with Gasteiger partial charge in [-0.1, -0.05) is 24.3 Å². The molecule has 2 heterocycles. The summed E-state index contributed by atoms with van der Waals surface area (Å²) in [7, 11) is -0.344. The second-order valence-electron chi connectivity index (χ2n) is 8.05. The molecule has 1 fully saturated rings. The van der Waals surface area contributed by atoms with Gasteiger partial charge in [0.25, 0.3) is 0 Å². The van der Waals surface area contributed by atoms with Gasteiger partial charge in [0.1, 0.15) is 37.6 Å². The Labute approximate surface area is 168 Å². The molecule has 3 rings (SSSR count). The highest BCUT2D eigenvalue weighted by atomic mass is 32.2. The van der Waals surface area contributed by atoms with E-state index in [1.54, 1.807) is 25.9 Å². The maximum Gasteiger partial charge on any atom is 0.246 e. The Morgan fingerprint density at radius 1 is 1.04 bits per heavy atom. The lowest BCUT2D eigenvalue weighted by molar-refractivity contribution is -1.03. The first-order chi connectivity index (χ1) is 13.2. The van der Waals surface area contributed by atoms with Gasteiger partial charge in [-0.3, -0.25) is 0 Å². The highest BCUT2D eigenvalue weighted by Crippen LogP contribution is 2.21. The van der Waals surface area contributed by atoms with Gasteiger partial charge in [-0.05, 0) is 26.3 Å². The summed E-state index contributed by atoms with van der Waals surface area (Å²) < 4.78 is 28.3. The summed E-state index contributed by atoms with van der Waals surface area (Å²) in [5, 5.41) is 4.53. The van der Waals surface area contributed by atoms with E-state index >= 15 is 0 Å². The second-order valence-corrected chi connectivity index (χ2v) is 10.1. The lowest BCUT2D eigenvalue weighted by Crippen LogP contribution is -3.27. The van der Waals surface area contributed by atoms with E-state index in [2.05, 4.69) is 36.3 Å². The molecular formula is C20H33N5O2S+2. The van der Waals surface area contributed by atoms with Crippen molar-refractivity contribution >= 4 is 10.0 Å². The monoisotopic (exact) mass is 407 g/mol. The molecule has 0 radical (unpaired) electrons. The topological polar surface area (TPSA) is 64.1 Å². The van der Waals surface area contributed by atoms with Crippen LogP contribution in [0.5, 0.6) is 0 Å². The van der Waals surface area contributed by atoms with Gasteiger partial charge >= 0.3 is 0 Å². The fourth-order valence-electron chi connectivity index (χ4n) is 3.97. The van der Waals surface area contributed by atoms with Crippen molar-refractivity contribution in [3.63, 3.8) is 0 Å². The molecule has 2 aromatic rings. The highest BCUT2D eigenvalue weighted by Gasteiger charge is 2.29. The van der Waals surface area contributed by atoms with E-state index < -0.39 is 10.0 Å². The number of aromatic nitrogens is 2. The summed E-state index contributed by atoms with van der Waals surface area (Å²) >= 11 is 0. The minimum Gasteiger partial charge on any atom is -0.322 e. The summed E-state index contributed by atoms with van der Waals surface area (Å²) in [6, 6.07) is 8.61. The average molecular weight is 408 g/mol. The normalized spacial score (nSPS) is 20.6. The SMILES string of the molecule is Cc1ccccc1C[NH+]1CC[NH+](Cn2nc(C)c(S(=O)(=O)N(C)C)c2C)CC1. The molecule has 0 aliphatic carbocycles. The van der Waals surface area contributed by atoms with Crippen molar-refractivity contribution in [1.82, 2.24) is 14.1 Å². The van der Waals surface area contributed by atoms with E-state index in [0.717, 1.165) is 38.4 Å². The van der Waals surface area contributed by atoms with Crippen molar-refractivity contribution in [2.24, 2.45) is 0 Å². The number of rotatable bonds is 6. The van der Waals surface area contributed by atoms with Gasteiger partial charge in [0.2, 0.25) is 10.0 Å². The molecule has 1 aromatic heterocycles. The summed E-state index contributed by atoms with van der Waals surface area (Å²) in [4.78, 5) is 3.41. The van der Waals surface area contributed by atoms with E-state index in [0.29, 0.717) is 17.3 Å². The van der Waals surface area contributed by atoms with Crippen LogP contribution in [-0.4, -0.2) is 62.8 Å². The summed E-state index contributed by atoms with van der Waals surface area (Å²) in [6.45, 7) is 12.0. The summed E-state index contributed by atoms with van der Waals surface area (Å²) in [6.07, 6.45) is 0. The fraction of sp³-hybridized carbons (Fsp3) is 0.550. The van der Waals surface area contributed by atoms with Crippen LogP contribution in [0.25, 0.3) is 0 Å². The largest absolute Gasteiger partial charge is 0.322 e. The van der Waals surface area contributed by atoms with E-state index in [1.807, 2.05) is 11.6 Å². The van der Waals surface area contributed by atoms with Crippen LogP contribution in [0.15, 0.2) is 29.2 Å². The molecule has 1 aromatic carbocycles. The van der Waals surface area contributed by atoms with Gasteiger partial charge in [-0.15, -0.1) is 0 Å². The number of hydrogen-bond acceptors (Lipinski definition) is 3. The first kappa shape index (κ1) is 21.0. The molecule has 154 valence electrons. The number of benzene rings is 1. The van der Waals surface area contributed by atoms with E-state index in [9.17, 15) is 8.42 Å². The number of nitrogens with one attached hydrogen (secondary N) is 2. The third kappa shape index (κ3) is 4.30. The first-order valence-corrected chi connectivity index (χ1v) is 11.3. The van der Waals surface area contributed by atoms with E-state index in [-0.39, 0.29) is 0 Å². The molecular weight excluding hydrogens is 374 g/mol. The van der Waals surface area contributed by atoms with E-state index in [1.165, 1.54) is 20.3 Å². The van der Waals surface area contributed by atoms with Crippen molar-refractivity contribution in [2.75, 3.05) is 40.3 Å². The van der Waals surface area contributed by atoms with Crippen molar-refractivity contribution in [1.29, 1.82) is 0 Å². The van der Waals surface area contributed by atoms with Gasteiger partial charge in [0, 0.05) is 19.7 Å². The number of quaternary nitrogens is 2. The molecule has 8 heteroatoms. The molecule has 0 spiro atoms. The Morgan fingerprint density at radius 2 is 1.64 bits per heavy atom. The third-order valence-electron chi connectivity index (χ3n) is 5.79. The lowest BCUT2D eigenvalue weighted by Gasteiger charge is -2.30. The number of piperazine rings is 1. The Kier molecular flexibility index (Phi) is 6.24. The van der Waals surface area contributed by atoms with Crippen molar-refractivity contribution in [3.05, 3.63) is 46.8 Å². The van der Waals surface area contributed by atoms with Crippen LogP contribution in [-0.2, 0) is 23.2 Å². The Morgan fingerprint density at radius 3 is 2.25 bits per heavy atom. The zero-order valence-electron chi connectivity index (χ0n) is 17.6.